The third-order valence-electron chi connectivity index (χ3n) is 2.52. The third kappa shape index (κ3) is 2.69. The van der Waals surface area contributed by atoms with E-state index in [1.165, 1.54) is 0 Å². The zero-order valence-corrected chi connectivity index (χ0v) is 9.42. The van der Waals surface area contributed by atoms with E-state index in [0.29, 0.717) is 0 Å². The second kappa shape index (κ2) is 4.78. The maximum Gasteiger partial charge on any atom is 0.304 e. The van der Waals surface area contributed by atoms with E-state index in [0.717, 1.165) is 17.2 Å². The molecule has 0 aromatic carbocycles. The number of carboxylic acid groups (broad SMARTS) is 1. The zero-order valence-electron chi connectivity index (χ0n) is 9.42. The number of aliphatic carboxylic acids is 1. The SMILES string of the molecule is Cc1ncc(C(CC(=O)O)c2ccccn2)[nH]1. The molecule has 2 aromatic heterocycles. The Morgan fingerprint density at radius 3 is 2.82 bits per heavy atom. The van der Waals surface area contributed by atoms with Gasteiger partial charge in [0.25, 0.3) is 0 Å². The highest BCUT2D eigenvalue weighted by atomic mass is 16.4. The Morgan fingerprint density at radius 2 is 2.29 bits per heavy atom. The van der Waals surface area contributed by atoms with E-state index in [-0.39, 0.29) is 12.3 Å². The van der Waals surface area contributed by atoms with Gasteiger partial charge in [-0.15, -0.1) is 0 Å². The van der Waals surface area contributed by atoms with Gasteiger partial charge in [-0.1, -0.05) is 6.07 Å². The van der Waals surface area contributed by atoms with E-state index >= 15 is 0 Å². The Hall–Kier alpha value is -2.17. The molecular formula is C12H13N3O2. The van der Waals surface area contributed by atoms with Gasteiger partial charge in [0, 0.05) is 23.8 Å². The standard InChI is InChI=1S/C12H13N3O2/c1-8-14-7-11(15-8)9(6-12(16)17)10-4-2-3-5-13-10/h2-5,7,9H,6H2,1H3,(H,14,15)(H,16,17). The van der Waals surface area contributed by atoms with Crippen molar-refractivity contribution in [3.8, 4) is 0 Å². The van der Waals surface area contributed by atoms with Gasteiger partial charge in [-0.05, 0) is 19.1 Å². The van der Waals surface area contributed by atoms with Crippen LogP contribution in [0.2, 0.25) is 0 Å². The second-order valence-electron chi connectivity index (χ2n) is 3.83. The van der Waals surface area contributed by atoms with Crippen molar-refractivity contribution in [2.24, 2.45) is 0 Å². The van der Waals surface area contributed by atoms with Crippen molar-refractivity contribution in [1.82, 2.24) is 15.0 Å². The fraction of sp³-hybridized carbons (Fsp3) is 0.250. The van der Waals surface area contributed by atoms with Crippen molar-refractivity contribution in [3.63, 3.8) is 0 Å². The van der Waals surface area contributed by atoms with Gasteiger partial charge in [0.15, 0.2) is 0 Å². The van der Waals surface area contributed by atoms with Crippen LogP contribution in [-0.2, 0) is 4.79 Å². The first-order valence-corrected chi connectivity index (χ1v) is 5.31. The summed E-state index contributed by atoms with van der Waals surface area (Å²) in [5, 5.41) is 8.95. The van der Waals surface area contributed by atoms with Crippen LogP contribution < -0.4 is 0 Å². The van der Waals surface area contributed by atoms with Crippen LogP contribution in [0.5, 0.6) is 0 Å². The lowest BCUT2D eigenvalue weighted by molar-refractivity contribution is -0.137. The Balaban J connectivity index is 2.35. The van der Waals surface area contributed by atoms with Crippen molar-refractivity contribution >= 4 is 5.97 Å². The fourth-order valence-electron chi connectivity index (χ4n) is 1.75. The van der Waals surface area contributed by atoms with Gasteiger partial charge in [-0.2, -0.15) is 0 Å². The second-order valence-corrected chi connectivity index (χ2v) is 3.83. The lowest BCUT2D eigenvalue weighted by atomic mass is 9.97. The number of pyridine rings is 1. The first-order chi connectivity index (χ1) is 8.16. The lowest BCUT2D eigenvalue weighted by Crippen LogP contribution is -2.09. The molecule has 0 aliphatic carbocycles. The topological polar surface area (TPSA) is 78.9 Å². The van der Waals surface area contributed by atoms with Crippen LogP contribution in [-0.4, -0.2) is 26.0 Å². The summed E-state index contributed by atoms with van der Waals surface area (Å²) in [4.78, 5) is 22.3. The summed E-state index contributed by atoms with van der Waals surface area (Å²) in [7, 11) is 0. The average molecular weight is 231 g/mol. The number of nitrogens with one attached hydrogen (secondary N) is 1. The van der Waals surface area contributed by atoms with E-state index in [1.54, 1.807) is 18.5 Å². The highest BCUT2D eigenvalue weighted by Crippen LogP contribution is 2.24. The van der Waals surface area contributed by atoms with Crippen LogP contribution in [0.1, 0.15) is 29.6 Å². The van der Waals surface area contributed by atoms with Crippen LogP contribution in [0.25, 0.3) is 0 Å². The highest BCUT2D eigenvalue weighted by molar-refractivity contribution is 5.68. The summed E-state index contributed by atoms with van der Waals surface area (Å²) >= 11 is 0. The summed E-state index contributed by atoms with van der Waals surface area (Å²) in [5.41, 5.74) is 1.52. The van der Waals surface area contributed by atoms with Crippen LogP contribution in [0.15, 0.2) is 30.6 Å². The minimum atomic E-state index is -0.854. The number of H-pyrrole nitrogens is 1. The van der Waals surface area contributed by atoms with Gasteiger partial charge in [0.2, 0.25) is 0 Å². The van der Waals surface area contributed by atoms with Crippen LogP contribution in [0.4, 0.5) is 0 Å². The summed E-state index contributed by atoms with van der Waals surface area (Å²) in [5.74, 6) is -0.367. The Bertz CT molecular complexity index is 507. The molecule has 2 N–H and O–H groups in total. The molecule has 2 heterocycles. The van der Waals surface area contributed by atoms with E-state index in [4.69, 9.17) is 5.11 Å². The minimum Gasteiger partial charge on any atom is -0.481 e. The smallest absolute Gasteiger partial charge is 0.304 e. The number of nitrogens with zero attached hydrogens (tertiary/aromatic N) is 2. The van der Waals surface area contributed by atoms with Crippen LogP contribution in [0.3, 0.4) is 0 Å². The summed E-state index contributed by atoms with van der Waals surface area (Å²) < 4.78 is 0. The van der Waals surface area contributed by atoms with E-state index in [1.807, 2.05) is 19.1 Å². The molecule has 0 aliphatic rings. The Kier molecular flexibility index (Phi) is 3.18. The van der Waals surface area contributed by atoms with Crippen molar-refractivity contribution in [3.05, 3.63) is 47.8 Å². The number of aryl methyl sites for hydroxylation is 1. The number of imidazole rings is 1. The van der Waals surface area contributed by atoms with E-state index in [9.17, 15) is 4.79 Å². The first-order valence-electron chi connectivity index (χ1n) is 5.31. The van der Waals surface area contributed by atoms with E-state index < -0.39 is 5.97 Å². The Labute approximate surface area is 98.6 Å². The molecule has 17 heavy (non-hydrogen) atoms. The molecule has 0 radical (unpaired) electrons. The number of carbonyl (C=O) groups is 1. The molecule has 0 saturated heterocycles. The zero-order chi connectivity index (χ0) is 12.3. The van der Waals surface area contributed by atoms with Gasteiger partial charge in [0.1, 0.15) is 5.82 Å². The molecule has 5 nitrogen and oxygen atoms in total. The largest absolute Gasteiger partial charge is 0.481 e. The van der Waals surface area contributed by atoms with Gasteiger partial charge < -0.3 is 10.1 Å². The summed E-state index contributed by atoms with van der Waals surface area (Å²) in [6, 6.07) is 5.48. The highest BCUT2D eigenvalue weighted by Gasteiger charge is 2.20. The Morgan fingerprint density at radius 1 is 1.47 bits per heavy atom. The number of rotatable bonds is 4. The van der Waals surface area contributed by atoms with Gasteiger partial charge >= 0.3 is 5.97 Å². The van der Waals surface area contributed by atoms with Crippen molar-refractivity contribution < 1.29 is 9.90 Å². The molecule has 0 bridgehead atoms. The number of aromatic amines is 1. The maximum atomic E-state index is 10.9. The number of aromatic nitrogens is 3. The molecule has 2 rings (SSSR count). The van der Waals surface area contributed by atoms with Crippen LogP contribution >= 0.6 is 0 Å². The minimum absolute atomic E-state index is 0.00134. The lowest BCUT2D eigenvalue weighted by Gasteiger charge is -2.11. The molecule has 0 fully saturated rings. The van der Waals surface area contributed by atoms with E-state index in [2.05, 4.69) is 15.0 Å². The number of carboxylic acids is 1. The molecule has 0 aliphatic heterocycles. The van der Waals surface area contributed by atoms with Crippen LogP contribution in [0, 0.1) is 6.92 Å². The molecular weight excluding hydrogens is 218 g/mol. The predicted octanol–water partition coefficient (Wildman–Crippen LogP) is 1.72. The van der Waals surface area contributed by atoms with Gasteiger partial charge in [-0.25, -0.2) is 4.98 Å². The molecule has 0 saturated carbocycles. The van der Waals surface area contributed by atoms with Crippen molar-refractivity contribution in [2.75, 3.05) is 0 Å². The molecule has 2 aromatic rings. The molecule has 0 spiro atoms. The molecule has 0 amide bonds. The van der Waals surface area contributed by atoms with Crippen molar-refractivity contribution in [2.45, 2.75) is 19.3 Å². The maximum absolute atomic E-state index is 10.9. The normalized spacial score (nSPS) is 12.3. The van der Waals surface area contributed by atoms with Gasteiger partial charge in [-0.3, -0.25) is 9.78 Å². The van der Waals surface area contributed by atoms with Crippen molar-refractivity contribution in [1.29, 1.82) is 0 Å². The molecule has 5 heteroatoms. The molecule has 1 unspecified atom stereocenters. The van der Waals surface area contributed by atoms with Gasteiger partial charge in [0.05, 0.1) is 12.3 Å². The summed E-state index contributed by atoms with van der Waals surface area (Å²) in [6.07, 6.45) is 3.32. The monoisotopic (exact) mass is 231 g/mol. The number of hydrogen-bond donors (Lipinski definition) is 2. The number of hydrogen-bond acceptors (Lipinski definition) is 3. The predicted molar refractivity (Wildman–Crippen MR) is 61.7 cm³/mol. The molecule has 1 atom stereocenters. The average Bonchev–Trinajstić information content (AvgIpc) is 2.73. The fourth-order valence-corrected chi connectivity index (χ4v) is 1.75. The quantitative estimate of drug-likeness (QED) is 0.839. The third-order valence-corrected chi connectivity index (χ3v) is 2.52. The first kappa shape index (κ1) is 11.3. The summed E-state index contributed by atoms with van der Waals surface area (Å²) in [6.45, 7) is 1.83. The molecule has 88 valence electrons.